The predicted molar refractivity (Wildman–Crippen MR) is 115 cm³/mol. The monoisotopic (exact) mass is 404 g/mol. The van der Waals surface area contributed by atoms with Crippen LogP contribution in [-0.2, 0) is 6.54 Å². The maximum atomic E-state index is 13.2. The van der Waals surface area contributed by atoms with Gasteiger partial charge in [-0.1, -0.05) is 42.0 Å². The van der Waals surface area contributed by atoms with E-state index in [1.807, 2.05) is 48.7 Å². The SMILES string of the molecule is COc1cccc(C(=O)n2nc(-c3ccc(C)cc3)nc2NCc2cccs2)c1. The molecule has 0 aliphatic rings. The summed E-state index contributed by atoms with van der Waals surface area (Å²) in [5, 5.41) is 9.76. The van der Waals surface area contributed by atoms with Gasteiger partial charge in [0.1, 0.15) is 5.75 Å². The van der Waals surface area contributed by atoms with Crippen molar-refractivity contribution in [3.63, 3.8) is 0 Å². The van der Waals surface area contributed by atoms with Crippen molar-refractivity contribution in [1.82, 2.24) is 14.8 Å². The number of thiophene rings is 1. The highest BCUT2D eigenvalue weighted by Gasteiger charge is 2.19. The van der Waals surface area contributed by atoms with Crippen molar-refractivity contribution in [3.8, 4) is 17.1 Å². The van der Waals surface area contributed by atoms with Crippen LogP contribution in [0.4, 0.5) is 5.95 Å². The van der Waals surface area contributed by atoms with Crippen LogP contribution in [0.3, 0.4) is 0 Å². The zero-order valence-electron chi connectivity index (χ0n) is 16.1. The topological polar surface area (TPSA) is 69.0 Å². The number of nitrogens with one attached hydrogen (secondary N) is 1. The third-order valence-corrected chi connectivity index (χ3v) is 5.30. The predicted octanol–water partition coefficient (Wildman–Crippen LogP) is 4.62. The van der Waals surface area contributed by atoms with Crippen molar-refractivity contribution < 1.29 is 9.53 Å². The second-order valence-corrected chi connectivity index (χ2v) is 7.54. The first-order valence-electron chi connectivity index (χ1n) is 9.13. The summed E-state index contributed by atoms with van der Waals surface area (Å²) in [7, 11) is 1.57. The van der Waals surface area contributed by atoms with Gasteiger partial charge >= 0.3 is 0 Å². The van der Waals surface area contributed by atoms with E-state index in [0.717, 1.165) is 16.0 Å². The number of ether oxygens (including phenoxy) is 1. The van der Waals surface area contributed by atoms with Crippen LogP contribution in [0.25, 0.3) is 11.4 Å². The van der Waals surface area contributed by atoms with Crippen LogP contribution in [0, 0.1) is 6.92 Å². The lowest BCUT2D eigenvalue weighted by Gasteiger charge is -2.07. The minimum atomic E-state index is -0.275. The number of nitrogens with zero attached hydrogens (tertiary/aromatic N) is 3. The van der Waals surface area contributed by atoms with Crippen LogP contribution in [0.1, 0.15) is 20.8 Å². The Bertz CT molecular complexity index is 1120. The van der Waals surface area contributed by atoms with Gasteiger partial charge < -0.3 is 10.1 Å². The van der Waals surface area contributed by atoms with Gasteiger partial charge in [-0.05, 0) is 36.6 Å². The Morgan fingerprint density at radius 2 is 1.97 bits per heavy atom. The van der Waals surface area contributed by atoms with Crippen LogP contribution in [-0.4, -0.2) is 27.8 Å². The molecule has 2 aromatic heterocycles. The summed E-state index contributed by atoms with van der Waals surface area (Å²) in [5.41, 5.74) is 2.48. The molecule has 0 saturated heterocycles. The highest BCUT2D eigenvalue weighted by Crippen LogP contribution is 2.21. The first kappa shape index (κ1) is 18.9. The van der Waals surface area contributed by atoms with Gasteiger partial charge in [0.15, 0.2) is 5.82 Å². The Kier molecular flexibility index (Phi) is 5.39. The molecule has 0 aliphatic heterocycles. The summed E-state index contributed by atoms with van der Waals surface area (Å²) in [4.78, 5) is 18.9. The van der Waals surface area contributed by atoms with E-state index in [-0.39, 0.29) is 5.91 Å². The molecule has 146 valence electrons. The number of carbonyl (C=O) groups excluding carboxylic acids is 1. The lowest BCUT2D eigenvalue weighted by Crippen LogP contribution is -2.17. The van der Waals surface area contributed by atoms with Crippen LogP contribution >= 0.6 is 11.3 Å². The molecule has 2 aromatic carbocycles. The van der Waals surface area contributed by atoms with E-state index in [4.69, 9.17) is 4.74 Å². The summed E-state index contributed by atoms with van der Waals surface area (Å²) in [6, 6.07) is 18.9. The molecule has 0 unspecified atom stereocenters. The molecule has 0 bridgehead atoms. The normalized spacial score (nSPS) is 10.7. The van der Waals surface area contributed by atoms with Crippen LogP contribution in [0.5, 0.6) is 5.75 Å². The van der Waals surface area contributed by atoms with Gasteiger partial charge in [-0.3, -0.25) is 4.79 Å². The van der Waals surface area contributed by atoms with Crippen molar-refractivity contribution in [3.05, 3.63) is 82.0 Å². The van der Waals surface area contributed by atoms with Crippen molar-refractivity contribution in [2.24, 2.45) is 0 Å². The molecule has 0 aliphatic carbocycles. The van der Waals surface area contributed by atoms with E-state index < -0.39 is 0 Å². The summed E-state index contributed by atoms with van der Waals surface area (Å²) < 4.78 is 6.56. The fourth-order valence-electron chi connectivity index (χ4n) is 2.85. The maximum absolute atomic E-state index is 13.2. The van der Waals surface area contributed by atoms with Crippen molar-refractivity contribution >= 4 is 23.2 Å². The van der Waals surface area contributed by atoms with Gasteiger partial charge in [0.05, 0.1) is 13.7 Å². The molecule has 4 rings (SSSR count). The van der Waals surface area contributed by atoms with Crippen LogP contribution in [0.15, 0.2) is 66.0 Å². The summed E-state index contributed by atoms with van der Waals surface area (Å²) in [6.45, 7) is 2.59. The standard InChI is InChI=1S/C22H20N4O2S/c1-15-8-10-16(11-9-15)20-24-22(23-14-19-7-4-12-29-19)26(25-20)21(27)17-5-3-6-18(13-17)28-2/h3-13H,14H2,1-2H3,(H,23,24,25). The number of hydrogen-bond donors (Lipinski definition) is 1. The quantitative estimate of drug-likeness (QED) is 0.508. The molecule has 2 heterocycles. The van der Waals surface area contributed by atoms with Crippen LogP contribution in [0.2, 0.25) is 0 Å². The molecular formula is C22H20N4O2S. The molecule has 7 heteroatoms. The van der Waals surface area contributed by atoms with E-state index in [9.17, 15) is 4.79 Å². The Labute approximate surface area is 172 Å². The van der Waals surface area contributed by atoms with Gasteiger partial charge in [0.25, 0.3) is 5.91 Å². The molecule has 0 spiro atoms. The smallest absolute Gasteiger partial charge is 0.281 e. The molecule has 29 heavy (non-hydrogen) atoms. The zero-order chi connectivity index (χ0) is 20.2. The van der Waals surface area contributed by atoms with Crippen molar-refractivity contribution in [2.45, 2.75) is 13.5 Å². The Balaban J connectivity index is 1.71. The van der Waals surface area contributed by atoms with Crippen molar-refractivity contribution in [2.75, 3.05) is 12.4 Å². The Morgan fingerprint density at radius 3 is 2.69 bits per heavy atom. The fourth-order valence-corrected chi connectivity index (χ4v) is 3.50. The first-order valence-corrected chi connectivity index (χ1v) is 10.0. The molecule has 0 fully saturated rings. The van der Waals surface area contributed by atoms with Gasteiger partial charge in [-0.25, -0.2) is 0 Å². The minimum Gasteiger partial charge on any atom is -0.497 e. The molecular weight excluding hydrogens is 384 g/mol. The molecule has 1 N–H and O–H groups in total. The molecule has 0 atom stereocenters. The van der Waals surface area contributed by atoms with Crippen molar-refractivity contribution in [1.29, 1.82) is 0 Å². The average molecular weight is 404 g/mol. The third kappa shape index (κ3) is 4.20. The van der Waals surface area contributed by atoms with Gasteiger partial charge in [0, 0.05) is 16.0 Å². The number of rotatable bonds is 6. The summed E-state index contributed by atoms with van der Waals surface area (Å²) in [5.74, 6) is 1.24. The Morgan fingerprint density at radius 1 is 1.14 bits per heavy atom. The third-order valence-electron chi connectivity index (χ3n) is 4.43. The molecule has 0 amide bonds. The first-order chi connectivity index (χ1) is 14.1. The second-order valence-electron chi connectivity index (χ2n) is 6.51. The number of benzene rings is 2. The molecule has 0 saturated carbocycles. The lowest BCUT2D eigenvalue weighted by molar-refractivity contribution is 0.0947. The highest BCUT2D eigenvalue weighted by atomic mass is 32.1. The average Bonchev–Trinajstić information content (AvgIpc) is 3.42. The number of aromatic nitrogens is 3. The number of hydrogen-bond acceptors (Lipinski definition) is 6. The van der Waals surface area contributed by atoms with E-state index >= 15 is 0 Å². The molecule has 4 aromatic rings. The lowest BCUT2D eigenvalue weighted by atomic mass is 10.1. The summed E-state index contributed by atoms with van der Waals surface area (Å²) >= 11 is 1.64. The minimum absolute atomic E-state index is 0.275. The van der Waals surface area contributed by atoms with E-state index in [2.05, 4.69) is 15.4 Å². The largest absolute Gasteiger partial charge is 0.497 e. The second kappa shape index (κ2) is 8.28. The van der Waals surface area contributed by atoms with E-state index in [1.165, 1.54) is 4.68 Å². The van der Waals surface area contributed by atoms with E-state index in [1.54, 1.807) is 42.7 Å². The number of aryl methyl sites for hydroxylation is 1. The highest BCUT2D eigenvalue weighted by molar-refractivity contribution is 7.09. The maximum Gasteiger partial charge on any atom is 0.281 e. The van der Waals surface area contributed by atoms with E-state index in [0.29, 0.717) is 29.6 Å². The number of methoxy groups -OCH3 is 1. The van der Waals surface area contributed by atoms with Crippen LogP contribution < -0.4 is 10.1 Å². The zero-order valence-corrected chi connectivity index (χ0v) is 16.9. The van der Waals surface area contributed by atoms with Gasteiger partial charge in [-0.2, -0.15) is 9.67 Å². The molecule has 6 nitrogen and oxygen atoms in total. The number of carbonyl (C=O) groups is 1. The Hall–Kier alpha value is -3.45. The summed E-state index contributed by atoms with van der Waals surface area (Å²) in [6.07, 6.45) is 0. The van der Waals surface area contributed by atoms with Gasteiger partial charge in [-0.15, -0.1) is 16.4 Å². The van der Waals surface area contributed by atoms with Gasteiger partial charge in [0.2, 0.25) is 5.95 Å². The fraction of sp³-hybridized carbons (Fsp3) is 0.136. The number of anilines is 1. The molecule has 0 radical (unpaired) electrons.